The van der Waals surface area contributed by atoms with Crippen molar-refractivity contribution < 1.29 is 19.0 Å². The molecule has 0 aliphatic carbocycles. The monoisotopic (exact) mass is 290 g/mol. The highest BCUT2D eigenvalue weighted by Crippen LogP contribution is 2.44. The van der Waals surface area contributed by atoms with Crippen LogP contribution in [0.1, 0.15) is 44.5 Å². The second kappa shape index (κ2) is 4.73. The quantitative estimate of drug-likeness (QED) is 0.784. The standard InChI is InChI=1S/C17H22O4/c1-16(2)10-12(17(3,4)21-16)15(18)11-5-6-13-14(9-11)20-8-7-19-13/h5-6,9,12H,7-8,10H2,1-4H3. The van der Waals surface area contributed by atoms with Crippen LogP contribution in [-0.4, -0.2) is 30.2 Å². The molecule has 0 radical (unpaired) electrons. The Morgan fingerprint density at radius 2 is 1.76 bits per heavy atom. The van der Waals surface area contributed by atoms with Crippen molar-refractivity contribution >= 4 is 5.78 Å². The molecule has 0 aromatic heterocycles. The molecule has 2 aliphatic rings. The van der Waals surface area contributed by atoms with Crippen LogP contribution in [0.3, 0.4) is 0 Å². The van der Waals surface area contributed by atoms with Gasteiger partial charge in [0, 0.05) is 5.56 Å². The van der Waals surface area contributed by atoms with E-state index in [4.69, 9.17) is 14.2 Å². The molecule has 2 aliphatic heterocycles. The molecule has 1 saturated heterocycles. The van der Waals surface area contributed by atoms with Crippen LogP contribution in [0.5, 0.6) is 11.5 Å². The first-order chi connectivity index (χ1) is 9.78. The maximum Gasteiger partial charge on any atom is 0.169 e. The van der Waals surface area contributed by atoms with E-state index in [1.807, 2.05) is 39.8 Å². The molecule has 0 bridgehead atoms. The minimum absolute atomic E-state index is 0.113. The molecule has 114 valence electrons. The number of hydrogen-bond donors (Lipinski definition) is 0. The van der Waals surface area contributed by atoms with Gasteiger partial charge < -0.3 is 14.2 Å². The number of rotatable bonds is 2. The fourth-order valence-corrected chi connectivity index (χ4v) is 3.37. The number of benzene rings is 1. The van der Waals surface area contributed by atoms with Gasteiger partial charge in [0.05, 0.1) is 17.1 Å². The summed E-state index contributed by atoms with van der Waals surface area (Å²) in [6.45, 7) is 9.12. The summed E-state index contributed by atoms with van der Waals surface area (Å²) in [5.41, 5.74) is -0.0514. The van der Waals surface area contributed by atoms with Gasteiger partial charge in [-0.1, -0.05) is 0 Å². The minimum atomic E-state index is -0.451. The summed E-state index contributed by atoms with van der Waals surface area (Å²) in [5.74, 6) is 1.33. The highest BCUT2D eigenvalue weighted by atomic mass is 16.6. The summed E-state index contributed by atoms with van der Waals surface area (Å²) < 4.78 is 17.1. The molecule has 4 nitrogen and oxygen atoms in total. The fraction of sp³-hybridized carbons (Fsp3) is 0.588. The highest BCUT2D eigenvalue weighted by Gasteiger charge is 2.49. The Morgan fingerprint density at radius 3 is 2.38 bits per heavy atom. The number of fused-ring (bicyclic) bond motifs is 1. The van der Waals surface area contributed by atoms with Crippen molar-refractivity contribution in [1.29, 1.82) is 0 Å². The molecule has 1 fully saturated rings. The second-order valence-electron chi connectivity index (χ2n) is 6.94. The number of carbonyl (C=O) groups is 1. The molecule has 1 aromatic carbocycles. The van der Waals surface area contributed by atoms with Crippen LogP contribution in [-0.2, 0) is 4.74 Å². The van der Waals surface area contributed by atoms with Crippen molar-refractivity contribution in [2.24, 2.45) is 5.92 Å². The van der Waals surface area contributed by atoms with E-state index in [1.54, 1.807) is 6.07 Å². The van der Waals surface area contributed by atoms with Crippen molar-refractivity contribution in [3.8, 4) is 11.5 Å². The molecule has 0 amide bonds. The number of carbonyl (C=O) groups excluding carboxylic acids is 1. The molecule has 0 N–H and O–H groups in total. The van der Waals surface area contributed by atoms with E-state index in [-0.39, 0.29) is 17.3 Å². The van der Waals surface area contributed by atoms with Gasteiger partial charge in [0.1, 0.15) is 13.2 Å². The Kier molecular flexibility index (Phi) is 3.24. The number of ketones is 1. The van der Waals surface area contributed by atoms with Gasteiger partial charge in [-0.15, -0.1) is 0 Å². The van der Waals surface area contributed by atoms with E-state index in [2.05, 4.69) is 0 Å². The average molecular weight is 290 g/mol. The van der Waals surface area contributed by atoms with E-state index < -0.39 is 5.60 Å². The fourth-order valence-electron chi connectivity index (χ4n) is 3.37. The molecule has 1 atom stereocenters. The van der Waals surface area contributed by atoms with Crippen LogP contribution in [0.15, 0.2) is 18.2 Å². The average Bonchev–Trinajstić information content (AvgIpc) is 2.65. The van der Waals surface area contributed by atoms with Crippen LogP contribution in [0.4, 0.5) is 0 Å². The maximum absolute atomic E-state index is 12.9. The van der Waals surface area contributed by atoms with Crippen molar-refractivity contribution in [3.63, 3.8) is 0 Å². The lowest BCUT2D eigenvalue weighted by Crippen LogP contribution is -2.33. The number of hydrogen-bond acceptors (Lipinski definition) is 4. The van der Waals surface area contributed by atoms with Crippen molar-refractivity contribution in [1.82, 2.24) is 0 Å². The van der Waals surface area contributed by atoms with Gasteiger partial charge in [-0.3, -0.25) is 4.79 Å². The van der Waals surface area contributed by atoms with E-state index in [1.165, 1.54) is 0 Å². The Morgan fingerprint density at radius 1 is 1.10 bits per heavy atom. The van der Waals surface area contributed by atoms with Gasteiger partial charge in [0.25, 0.3) is 0 Å². The third kappa shape index (κ3) is 2.64. The molecular formula is C17H22O4. The summed E-state index contributed by atoms with van der Waals surface area (Å²) >= 11 is 0. The van der Waals surface area contributed by atoms with E-state index in [0.717, 1.165) is 6.42 Å². The van der Waals surface area contributed by atoms with E-state index in [0.29, 0.717) is 30.3 Å². The molecule has 1 aromatic rings. The second-order valence-corrected chi connectivity index (χ2v) is 6.94. The zero-order valence-electron chi connectivity index (χ0n) is 13.1. The first-order valence-electron chi connectivity index (χ1n) is 7.43. The summed E-state index contributed by atoms with van der Waals surface area (Å²) in [4.78, 5) is 12.9. The minimum Gasteiger partial charge on any atom is -0.486 e. The van der Waals surface area contributed by atoms with Crippen LogP contribution < -0.4 is 9.47 Å². The van der Waals surface area contributed by atoms with Crippen LogP contribution >= 0.6 is 0 Å². The van der Waals surface area contributed by atoms with E-state index in [9.17, 15) is 4.79 Å². The van der Waals surface area contributed by atoms with Gasteiger partial charge >= 0.3 is 0 Å². The summed E-state index contributed by atoms with van der Waals surface area (Å²) in [5, 5.41) is 0. The Hall–Kier alpha value is -1.55. The van der Waals surface area contributed by atoms with Crippen molar-refractivity contribution in [2.75, 3.05) is 13.2 Å². The molecule has 2 heterocycles. The molecular weight excluding hydrogens is 268 g/mol. The smallest absolute Gasteiger partial charge is 0.169 e. The van der Waals surface area contributed by atoms with Crippen LogP contribution in [0.2, 0.25) is 0 Å². The SMILES string of the molecule is CC1(C)CC(C(=O)c2ccc3c(c2)OCCO3)C(C)(C)O1. The predicted octanol–water partition coefficient (Wildman–Crippen LogP) is 3.23. The Bertz CT molecular complexity index is 574. The van der Waals surface area contributed by atoms with Crippen LogP contribution in [0, 0.1) is 5.92 Å². The molecule has 3 rings (SSSR count). The van der Waals surface area contributed by atoms with Gasteiger partial charge in [0.2, 0.25) is 0 Å². The first-order valence-corrected chi connectivity index (χ1v) is 7.43. The van der Waals surface area contributed by atoms with Gasteiger partial charge in [-0.05, 0) is 52.3 Å². The predicted molar refractivity (Wildman–Crippen MR) is 79.1 cm³/mol. The molecule has 4 heteroatoms. The van der Waals surface area contributed by atoms with Gasteiger partial charge in [-0.25, -0.2) is 0 Å². The molecule has 0 saturated carbocycles. The zero-order chi connectivity index (χ0) is 15.3. The van der Waals surface area contributed by atoms with Gasteiger partial charge in [-0.2, -0.15) is 0 Å². The molecule has 1 unspecified atom stereocenters. The summed E-state index contributed by atoms with van der Waals surface area (Å²) in [7, 11) is 0. The maximum atomic E-state index is 12.9. The summed E-state index contributed by atoms with van der Waals surface area (Å²) in [6, 6.07) is 5.42. The van der Waals surface area contributed by atoms with E-state index >= 15 is 0 Å². The van der Waals surface area contributed by atoms with Crippen molar-refractivity contribution in [3.05, 3.63) is 23.8 Å². The topological polar surface area (TPSA) is 44.8 Å². The van der Waals surface area contributed by atoms with Crippen molar-refractivity contribution in [2.45, 2.75) is 45.3 Å². The number of ether oxygens (including phenoxy) is 3. The van der Waals surface area contributed by atoms with Gasteiger partial charge in [0.15, 0.2) is 17.3 Å². The lowest BCUT2D eigenvalue weighted by atomic mass is 9.81. The first kappa shape index (κ1) is 14.4. The third-order valence-corrected chi connectivity index (χ3v) is 4.22. The van der Waals surface area contributed by atoms with Crippen LogP contribution in [0.25, 0.3) is 0 Å². The normalized spacial score (nSPS) is 25.6. The lowest BCUT2D eigenvalue weighted by molar-refractivity contribution is -0.0712. The molecule has 21 heavy (non-hydrogen) atoms. The summed E-state index contributed by atoms with van der Waals surface area (Å²) in [6.07, 6.45) is 0.729. The largest absolute Gasteiger partial charge is 0.486 e. The zero-order valence-corrected chi connectivity index (χ0v) is 13.1. The number of Topliss-reactive ketones (excluding diaryl/α,β-unsaturated/α-hetero) is 1. The Labute approximate surface area is 125 Å². The highest BCUT2D eigenvalue weighted by molar-refractivity contribution is 5.99. The lowest BCUT2D eigenvalue weighted by Gasteiger charge is -2.27. The third-order valence-electron chi connectivity index (χ3n) is 4.22. The Balaban J connectivity index is 1.89. The molecule has 0 spiro atoms.